The van der Waals surface area contributed by atoms with E-state index in [2.05, 4.69) is 46.4 Å². The van der Waals surface area contributed by atoms with Crippen LogP contribution in [0.4, 0.5) is 0 Å². The second kappa shape index (κ2) is 7.15. The zero-order chi connectivity index (χ0) is 14.7. The summed E-state index contributed by atoms with van der Waals surface area (Å²) in [6.45, 7) is 5.03. The van der Waals surface area contributed by atoms with Gasteiger partial charge in [-0.3, -0.25) is 0 Å². The molecule has 0 bridgehead atoms. The first-order valence-corrected chi connectivity index (χ1v) is 9.19. The van der Waals surface area contributed by atoms with Crippen LogP contribution < -0.4 is 10.1 Å². The smallest absolute Gasteiger partial charge is 0.123 e. The predicted molar refractivity (Wildman–Crippen MR) is 90.6 cm³/mol. The molecule has 0 heterocycles. The zero-order valence-corrected chi connectivity index (χ0v) is 14.5. The van der Waals surface area contributed by atoms with E-state index < -0.39 is 0 Å². The second-order valence-electron chi connectivity index (χ2n) is 6.57. The van der Waals surface area contributed by atoms with Crippen LogP contribution in [0.25, 0.3) is 0 Å². The molecule has 2 aliphatic carbocycles. The molecule has 2 nitrogen and oxygen atoms in total. The highest BCUT2D eigenvalue weighted by molar-refractivity contribution is 9.10. The van der Waals surface area contributed by atoms with Crippen LogP contribution in [0.15, 0.2) is 22.7 Å². The van der Waals surface area contributed by atoms with E-state index in [9.17, 15) is 0 Å². The molecule has 0 aromatic heterocycles. The average molecular weight is 352 g/mol. The van der Waals surface area contributed by atoms with Crippen molar-refractivity contribution >= 4 is 15.9 Å². The minimum Gasteiger partial charge on any atom is -0.493 e. The fourth-order valence-electron chi connectivity index (χ4n) is 3.18. The van der Waals surface area contributed by atoms with E-state index in [1.165, 1.54) is 37.8 Å². The van der Waals surface area contributed by atoms with Gasteiger partial charge in [0, 0.05) is 16.6 Å². The maximum atomic E-state index is 5.86. The molecule has 1 aromatic rings. The third-order valence-corrected chi connectivity index (χ3v) is 5.13. The molecule has 3 rings (SSSR count). The first-order chi connectivity index (χ1) is 10.3. The number of benzene rings is 1. The minimum atomic E-state index is 0.793. The fourth-order valence-corrected chi connectivity index (χ4v) is 3.59. The van der Waals surface area contributed by atoms with Gasteiger partial charge in [-0.25, -0.2) is 0 Å². The van der Waals surface area contributed by atoms with Crippen molar-refractivity contribution in [3.8, 4) is 5.75 Å². The number of rotatable bonds is 9. The summed E-state index contributed by atoms with van der Waals surface area (Å²) in [6, 6.07) is 6.32. The maximum Gasteiger partial charge on any atom is 0.123 e. The molecule has 2 aliphatic rings. The van der Waals surface area contributed by atoms with Crippen molar-refractivity contribution in [3.05, 3.63) is 28.2 Å². The van der Waals surface area contributed by atoms with Crippen molar-refractivity contribution < 1.29 is 4.74 Å². The van der Waals surface area contributed by atoms with Gasteiger partial charge in [0.15, 0.2) is 0 Å². The van der Waals surface area contributed by atoms with Gasteiger partial charge >= 0.3 is 0 Å². The van der Waals surface area contributed by atoms with Gasteiger partial charge < -0.3 is 10.1 Å². The quantitative estimate of drug-likeness (QED) is 0.692. The Balaban J connectivity index is 1.54. The van der Waals surface area contributed by atoms with Crippen molar-refractivity contribution in [1.29, 1.82) is 0 Å². The zero-order valence-electron chi connectivity index (χ0n) is 12.9. The number of halogens is 1. The van der Waals surface area contributed by atoms with Gasteiger partial charge in [0.1, 0.15) is 5.75 Å². The van der Waals surface area contributed by atoms with Crippen molar-refractivity contribution in [1.82, 2.24) is 5.32 Å². The molecule has 0 spiro atoms. The summed E-state index contributed by atoms with van der Waals surface area (Å²) in [7, 11) is 0. The normalized spacial score (nSPS) is 18.2. The second-order valence-corrected chi connectivity index (χ2v) is 7.49. The van der Waals surface area contributed by atoms with Crippen LogP contribution in [0.5, 0.6) is 5.75 Å². The van der Waals surface area contributed by atoms with Gasteiger partial charge in [-0.15, -0.1) is 0 Å². The molecule has 1 N–H and O–H groups in total. The van der Waals surface area contributed by atoms with Crippen LogP contribution >= 0.6 is 15.9 Å². The molecule has 0 radical (unpaired) electrons. The Morgan fingerprint density at radius 3 is 2.57 bits per heavy atom. The minimum absolute atomic E-state index is 0.793. The summed E-state index contributed by atoms with van der Waals surface area (Å²) in [5, 5.41) is 3.69. The van der Waals surface area contributed by atoms with E-state index in [4.69, 9.17) is 4.74 Å². The number of hydrogen-bond acceptors (Lipinski definition) is 2. The lowest BCUT2D eigenvalue weighted by atomic mass is 9.98. The van der Waals surface area contributed by atoms with Gasteiger partial charge in [-0.2, -0.15) is 0 Å². The summed E-state index contributed by atoms with van der Waals surface area (Å²) in [5.41, 5.74) is 1.27. The summed E-state index contributed by atoms with van der Waals surface area (Å²) < 4.78 is 6.99. The van der Waals surface area contributed by atoms with Crippen LogP contribution in [0, 0.1) is 17.8 Å². The van der Waals surface area contributed by atoms with E-state index in [0.717, 1.165) is 47.5 Å². The first kappa shape index (κ1) is 15.4. The van der Waals surface area contributed by atoms with Crippen LogP contribution in [-0.4, -0.2) is 13.2 Å². The Kier molecular flexibility index (Phi) is 5.23. The van der Waals surface area contributed by atoms with E-state index >= 15 is 0 Å². The Labute approximate surface area is 136 Å². The van der Waals surface area contributed by atoms with Gasteiger partial charge in [-0.05, 0) is 74.6 Å². The highest BCUT2D eigenvalue weighted by Crippen LogP contribution is 2.48. The van der Waals surface area contributed by atoms with Crippen LogP contribution in [0.1, 0.15) is 44.6 Å². The van der Waals surface area contributed by atoms with Crippen LogP contribution in [0.2, 0.25) is 0 Å². The molecule has 116 valence electrons. The first-order valence-electron chi connectivity index (χ1n) is 8.40. The molecule has 0 amide bonds. The molecule has 1 aromatic carbocycles. The van der Waals surface area contributed by atoms with E-state index in [1.807, 2.05) is 0 Å². The van der Waals surface area contributed by atoms with E-state index in [0.29, 0.717) is 0 Å². The standard InChI is InChI=1S/C18H26BrNO/c1-2-9-21-18-8-7-16(19)10-15(18)11-20-12-17(13-3-4-13)14-5-6-14/h7-8,10,13-14,17,20H,2-6,9,11-12H2,1H3. The van der Waals surface area contributed by atoms with Crippen molar-refractivity contribution in [3.63, 3.8) is 0 Å². The Morgan fingerprint density at radius 2 is 1.95 bits per heavy atom. The molecule has 2 saturated carbocycles. The number of nitrogens with one attached hydrogen (secondary N) is 1. The summed E-state index contributed by atoms with van der Waals surface area (Å²) in [5.74, 6) is 3.99. The summed E-state index contributed by atoms with van der Waals surface area (Å²) >= 11 is 3.57. The van der Waals surface area contributed by atoms with Crippen LogP contribution in [0.3, 0.4) is 0 Å². The van der Waals surface area contributed by atoms with Crippen molar-refractivity contribution in [2.24, 2.45) is 17.8 Å². The molecule has 0 saturated heterocycles. The lowest BCUT2D eigenvalue weighted by Gasteiger charge is -2.17. The van der Waals surface area contributed by atoms with E-state index in [1.54, 1.807) is 0 Å². The monoisotopic (exact) mass is 351 g/mol. The molecule has 0 aliphatic heterocycles. The average Bonchev–Trinajstić information content (AvgIpc) is 3.36. The summed E-state index contributed by atoms with van der Waals surface area (Å²) in [6.07, 6.45) is 6.90. The van der Waals surface area contributed by atoms with Crippen molar-refractivity contribution in [2.45, 2.75) is 45.6 Å². The lowest BCUT2D eigenvalue weighted by molar-refractivity contribution is 0.312. The SMILES string of the molecule is CCCOc1ccc(Br)cc1CNCC(C1CC1)C1CC1. The predicted octanol–water partition coefficient (Wildman–Crippen LogP) is 4.76. The van der Waals surface area contributed by atoms with E-state index in [-0.39, 0.29) is 0 Å². The molecular formula is C18H26BrNO. The highest BCUT2D eigenvalue weighted by Gasteiger charge is 2.40. The van der Waals surface area contributed by atoms with Gasteiger partial charge in [0.2, 0.25) is 0 Å². The molecule has 3 heteroatoms. The third-order valence-electron chi connectivity index (χ3n) is 4.63. The van der Waals surface area contributed by atoms with Crippen LogP contribution in [-0.2, 0) is 6.54 Å². The lowest BCUT2D eigenvalue weighted by Crippen LogP contribution is -2.25. The largest absolute Gasteiger partial charge is 0.493 e. The fraction of sp³-hybridized carbons (Fsp3) is 0.667. The maximum absolute atomic E-state index is 5.86. The Morgan fingerprint density at radius 1 is 1.24 bits per heavy atom. The van der Waals surface area contributed by atoms with Gasteiger partial charge in [0.05, 0.1) is 6.61 Å². The Hall–Kier alpha value is -0.540. The van der Waals surface area contributed by atoms with Gasteiger partial charge in [0.25, 0.3) is 0 Å². The van der Waals surface area contributed by atoms with Crippen molar-refractivity contribution in [2.75, 3.05) is 13.2 Å². The molecule has 21 heavy (non-hydrogen) atoms. The van der Waals surface area contributed by atoms with Gasteiger partial charge in [-0.1, -0.05) is 22.9 Å². The molecular weight excluding hydrogens is 326 g/mol. The third kappa shape index (κ3) is 4.46. The number of hydrogen-bond donors (Lipinski definition) is 1. The number of ether oxygens (including phenoxy) is 1. The molecule has 2 fully saturated rings. The Bertz CT molecular complexity index is 456. The topological polar surface area (TPSA) is 21.3 Å². The molecule has 0 unspecified atom stereocenters. The summed E-state index contributed by atoms with van der Waals surface area (Å²) in [4.78, 5) is 0. The highest BCUT2D eigenvalue weighted by atomic mass is 79.9. The molecule has 0 atom stereocenters.